The zero-order valence-corrected chi connectivity index (χ0v) is 15.0. The van der Waals surface area contributed by atoms with E-state index in [0.717, 1.165) is 28.3 Å². The third kappa shape index (κ3) is 3.30. The Hall–Kier alpha value is -2.80. The highest BCUT2D eigenvalue weighted by Gasteiger charge is 2.30. The molecular weight excluding hydrogens is 348 g/mol. The quantitative estimate of drug-likeness (QED) is 0.739. The van der Waals surface area contributed by atoms with Crippen LogP contribution in [0, 0.1) is 6.92 Å². The number of H-pyrrole nitrogens is 1. The largest absolute Gasteiger partial charge is 0.487 e. The molecule has 132 valence electrons. The number of pyridine rings is 1. The Bertz CT molecular complexity index is 926. The Morgan fingerprint density at radius 2 is 2.08 bits per heavy atom. The molecule has 0 aliphatic carbocycles. The minimum atomic E-state index is -0.0443. The summed E-state index contributed by atoms with van der Waals surface area (Å²) in [5, 5.41) is 10.0. The smallest absolute Gasteiger partial charge is 0.235 e. The highest BCUT2D eigenvalue weighted by Crippen LogP contribution is 2.45. The fraction of sp³-hybridized carbons (Fsp3) is 0.211. The number of benzene rings is 1. The number of aromatic amines is 1. The van der Waals surface area contributed by atoms with Gasteiger partial charge in [0.1, 0.15) is 12.4 Å². The second-order valence-corrected chi connectivity index (χ2v) is 7.09. The number of ether oxygens (including phenoxy) is 1. The minimum Gasteiger partial charge on any atom is -0.487 e. The molecule has 0 saturated heterocycles. The number of aryl methyl sites for hydroxylation is 1. The Kier molecular flexibility index (Phi) is 4.62. The molecule has 1 atom stereocenters. The normalized spacial score (nSPS) is 16.5. The molecule has 0 spiro atoms. The minimum absolute atomic E-state index is 0.0392. The van der Waals surface area contributed by atoms with Gasteiger partial charge in [0, 0.05) is 23.0 Å². The van der Waals surface area contributed by atoms with Crippen molar-refractivity contribution in [2.45, 2.75) is 18.8 Å². The van der Waals surface area contributed by atoms with Crippen molar-refractivity contribution < 1.29 is 9.53 Å². The molecule has 1 aliphatic heterocycles. The van der Waals surface area contributed by atoms with Crippen molar-refractivity contribution in [2.75, 3.05) is 11.1 Å². The zero-order valence-electron chi connectivity index (χ0n) is 14.2. The van der Waals surface area contributed by atoms with Crippen LogP contribution in [0.4, 0.5) is 5.82 Å². The maximum Gasteiger partial charge on any atom is 0.235 e. The number of fused-ring (bicyclic) bond motifs is 1. The van der Waals surface area contributed by atoms with Gasteiger partial charge in [-0.3, -0.25) is 14.9 Å². The van der Waals surface area contributed by atoms with Crippen molar-refractivity contribution in [3.63, 3.8) is 0 Å². The van der Waals surface area contributed by atoms with E-state index in [1.165, 1.54) is 0 Å². The molecule has 1 aromatic carbocycles. The summed E-state index contributed by atoms with van der Waals surface area (Å²) in [6.45, 7) is 2.36. The molecule has 2 aromatic heterocycles. The van der Waals surface area contributed by atoms with Crippen molar-refractivity contribution in [1.29, 1.82) is 0 Å². The summed E-state index contributed by atoms with van der Waals surface area (Å²) in [5.74, 6) is 1.71. The maximum atomic E-state index is 12.0. The van der Waals surface area contributed by atoms with Crippen molar-refractivity contribution in [1.82, 2.24) is 15.2 Å². The van der Waals surface area contributed by atoms with E-state index in [1.54, 1.807) is 18.0 Å². The Balaban J connectivity index is 1.67. The van der Waals surface area contributed by atoms with Crippen LogP contribution in [0.2, 0.25) is 0 Å². The lowest BCUT2D eigenvalue weighted by atomic mass is 10.0. The van der Waals surface area contributed by atoms with Crippen LogP contribution in [0.5, 0.6) is 5.75 Å². The van der Waals surface area contributed by atoms with E-state index in [0.29, 0.717) is 18.2 Å². The zero-order chi connectivity index (χ0) is 17.9. The summed E-state index contributed by atoms with van der Waals surface area (Å²) in [6.07, 6.45) is 1.75. The van der Waals surface area contributed by atoms with E-state index in [-0.39, 0.29) is 11.2 Å². The highest BCUT2D eigenvalue weighted by molar-refractivity contribution is 8.00. The van der Waals surface area contributed by atoms with Gasteiger partial charge < -0.3 is 10.1 Å². The molecule has 3 heterocycles. The van der Waals surface area contributed by atoms with Gasteiger partial charge in [-0.2, -0.15) is 5.10 Å². The van der Waals surface area contributed by atoms with Crippen molar-refractivity contribution >= 4 is 23.5 Å². The summed E-state index contributed by atoms with van der Waals surface area (Å²) < 4.78 is 6.06. The van der Waals surface area contributed by atoms with Crippen molar-refractivity contribution in [3.05, 3.63) is 71.2 Å². The van der Waals surface area contributed by atoms with Crippen LogP contribution < -0.4 is 10.1 Å². The number of carbonyl (C=O) groups excluding carboxylic acids is 1. The molecule has 0 saturated carbocycles. The summed E-state index contributed by atoms with van der Waals surface area (Å²) >= 11 is 1.57. The van der Waals surface area contributed by atoms with Gasteiger partial charge in [-0.25, -0.2) is 0 Å². The number of anilines is 1. The lowest BCUT2D eigenvalue weighted by Crippen LogP contribution is -2.12. The number of thioether (sulfide) groups is 1. The summed E-state index contributed by atoms with van der Waals surface area (Å²) in [7, 11) is 0. The van der Waals surface area contributed by atoms with E-state index in [2.05, 4.69) is 20.5 Å². The number of hydrogen-bond donors (Lipinski definition) is 2. The maximum absolute atomic E-state index is 12.0. The van der Waals surface area contributed by atoms with Gasteiger partial charge in [-0.1, -0.05) is 24.3 Å². The van der Waals surface area contributed by atoms with E-state index in [1.807, 2.05) is 49.4 Å². The van der Waals surface area contributed by atoms with Crippen LogP contribution >= 0.6 is 11.8 Å². The second-order valence-electron chi connectivity index (χ2n) is 6.00. The Labute approximate surface area is 155 Å². The van der Waals surface area contributed by atoms with Crippen LogP contribution in [0.25, 0.3) is 0 Å². The van der Waals surface area contributed by atoms with E-state index in [4.69, 9.17) is 4.74 Å². The van der Waals surface area contributed by atoms with Crippen LogP contribution in [0.15, 0.2) is 48.7 Å². The van der Waals surface area contributed by atoms with E-state index >= 15 is 0 Å². The standard InChI is InChI=1S/C19H18N4O2S/c1-12-17-18(26-11-16(24)21-19(17)23-22-12)14-7-2-3-8-15(14)25-10-13-6-4-5-9-20-13/h2-9,18H,10-11H2,1H3,(H2,21,22,23,24)/t18-/m1/s1. The molecule has 0 bridgehead atoms. The van der Waals surface area contributed by atoms with Crippen molar-refractivity contribution in [3.8, 4) is 5.75 Å². The molecule has 6 nitrogen and oxygen atoms in total. The third-order valence-corrected chi connectivity index (χ3v) is 5.45. The molecule has 0 fully saturated rings. The first-order valence-electron chi connectivity index (χ1n) is 8.30. The molecule has 0 unspecified atom stereocenters. The number of rotatable bonds is 4. The lowest BCUT2D eigenvalue weighted by molar-refractivity contribution is -0.113. The fourth-order valence-corrected chi connectivity index (χ4v) is 4.19. The first-order chi connectivity index (χ1) is 12.7. The molecule has 3 aromatic rings. The van der Waals surface area contributed by atoms with Gasteiger partial charge in [-0.05, 0) is 25.1 Å². The fourth-order valence-electron chi connectivity index (χ4n) is 2.97. The number of nitrogens with one attached hydrogen (secondary N) is 2. The molecule has 1 amide bonds. The average molecular weight is 366 g/mol. The van der Waals surface area contributed by atoms with Gasteiger partial charge in [0.2, 0.25) is 5.91 Å². The first-order valence-corrected chi connectivity index (χ1v) is 9.35. The summed E-state index contributed by atoms with van der Waals surface area (Å²) in [6, 6.07) is 13.7. The van der Waals surface area contributed by atoms with Gasteiger partial charge in [0.25, 0.3) is 0 Å². The second kappa shape index (κ2) is 7.21. The van der Waals surface area contributed by atoms with Gasteiger partial charge >= 0.3 is 0 Å². The van der Waals surface area contributed by atoms with Crippen LogP contribution in [0.1, 0.15) is 27.8 Å². The number of para-hydroxylation sites is 1. The summed E-state index contributed by atoms with van der Waals surface area (Å²) in [5.41, 5.74) is 3.83. The average Bonchev–Trinajstić information content (AvgIpc) is 2.93. The number of carbonyl (C=O) groups is 1. The number of aromatic nitrogens is 3. The predicted molar refractivity (Wildman–Crippen MR) is 101 cm³/mol. The molecule has 1 aliphatic rings. The lowest BCUT2D eigenvalue weighted by Gasteiger charge is -2.19. The molecule has 4 rings (SSSR count). The summed E-state index contributed by atoms with van der Waals surface area (Å²) in [4.78, 5) is 16.3. The third-order valence-electron chi connectivity index (χ3n) is 4.20. The molecule has 0 radical (unpaired) electrons. The molecule has 7 heteroatoms. The number of nitrogens with zero attached hydrogens (tertiary/aromatic N) is 2. The van der Waals surface area contributed by atoms with Crippen molar-refractivity contribution in [2.24, 2.45) is 0 Å². The van der Waals surface area contributed by atoms with Gasteiger partial charge in [0.05, 0.1) is 16.7 Å². The Morgan fingerprint density at radius 1 is 1.23 bits per heavy atom. The predicted octanol–water partition coefficient (Wildman–Crippen LogP) is 3.47. The topological polar surface area (TPSA) is 79.9 Å². The SMILES string of the molecule is Cc1[nH]nc2c1[C@@H](c1ccccc1OCc1ccccn1)SCC(=O)N2. The monoisotopic (exact) mass is 366 g/mol. The van der Waals surface area contributed by atoms with Crippen LogP contribution in [-0.4, -0.2) is 26.8 Å². The number of hydrogen-bond acceptors (Lipinski definition) is 5. The highest BCUT2D eigenvalue weighted by atomic mass is 32.2. The van der Waals surface area contributed by atoms with Crippen LogP contribution in [0.3, 0.4) is 0 Å². The first kappa shape index (κ1) is 16.7. The van der Waals surface area contributed by atoms with Crippen LogP contribution in [-0.2, 0) is 11.4 Å². The molecule has 2 N–H and O–H groups in total. The molecular formula is C19H18N4O2S. The van der Waals surface area contributed by atoms with E-state index < -0.39 is 0 Å². The van der Waals surface area contributed by atoms with Gasteiger partial charge in [-0.15, -0.1) is 11.8 Å². The van der Waals surface area contributed by atoms with Gasteiger partial charge in [0.15, 0.2) is 5.82 Å². The molecule has 26 heavy (non-hydrogen) atoms. The Morgan fingerprint density at radius 3 is 2.92 bits per heavy atom. The number of amides is 1. The van der Waals surface area contributed by atoms with E-state index in [9.17, 15) is 4.79 Å².